The summed E-state index contributed by atoms with van der Waals surface area (Å²) in [5, 5.41) is 2.86. The van der Waals surface area contributed by atoms with E-state index in [9.17, 15) is 4.79 Å². The Hall–Kier alpha value is -2.69. The standard InChI is InChI=1S/C22H29NO4/c1-3-4-5-16-26-20-10-12-21(13-11-20)27-17-22(24)23-15-14-18-6-8-19(25-2)9-7-18/h6-13H,3-5,14-17H2,1-2H3,(H,23,24). The van der Waals surface area contributed by atoms with E-state index in [1.54, 1.807) is 7.11 Å². The quantitative estimate of drug-likeness (QED) is 0.573. The number of amides is 1. The topological polar surface area (TPSA) is 56.8 Å². The summed E-state index contributed by atoms with van der Waals surface area (Å²) in [6.45, 7) is 3.46. The highest BCUT2D eigenvalue weighted by atomic mass is 16.5. The van der Waals surface area contributed by atoms with Crippen LogP contribution in [-0.2, 0) is 11.2 Å². The Balaban J connectivity index is 1.63. The third-order valence-electron chi connectivity index (χ3n) is 4.11. The van der Waals surface area contributed by atoms with Crippen molar-refractivity contribution in [3.63, 3.8) is 0 Å². The van der Waals surface area contributed by atoms with Gasteiger partial charge in [-0.1, -0.05) is 31.9 Å². The summed E-state index contributed by atoms with van der Waals surface area (Å²) in [6, 6.07) is 15.2. The fraction of sp³-hybridized carbons (Fsp3) is 0.409. The van der Waals surface area contributed by atoms with Gasteiger partial charge in [0.25, 0.3) is 5.91 Å². The number of rotatable bonds is 12. The molecule has 0 bridgehead atoms. The number of methoxy groups -OCH3 is 1. The molecular weight excluding hydrogens is 342 g/mol. The molecule has 0 fully saturated rings. The maximum Gasteiger partial charge on any atom is 0.257 e. The molecule has 2 aromatic rings. The van der Waals surface area contributed by atoms with Crippen LogP contribution in [0.3, 0.4) is 0 Å². The Labute approximate surface area is 161 Å². The van der Waals surface area contributed by atoms with Gasteiger partial charge in [-0.05, 0) is 54.8 Å². The van der Waals surface area contributed by atoms with E-state index in [1.807, 2.05) is 48.5 Å². The summed E-state index contributed by atoms with van der Waals surface area (Å²) >= 11 is 0. The molecule has 0 spiro atoms. The highest BCUT2D eigenvalue weighted by molar-refractivity contribution is 5.77. The summed E-state index contributed by atoms with van der Waals surface area (Å²) < 4.78 is 16.3. The average molecular weight is 371 g/mol. The lowest BCUT2D eigenvalue weighted by atomic mass is 10.1. The largest absolute Gasteiger partial charge is 0.497 e. The first-order valence-electron chi connectivity index (χ1n) is 9.46. The smallest absolute Gasteiger partial charge is 0.257 e. The number of ether oxygens (including phenoxy) is 3. The summed E-state index contributed by atoms with van der Waals surface area (Å²) in [4.78, 5) is 11.9. The molecule has 5 heteroatoms. The van der Waals surface area contributed by atoms with Gasteiger partial charge in [0.2, 0.25) is 0 Å². The molecule has 1 N–H and O–H groups in total. The molecule has 0 aromatic heterocycles. The van der Waals surface area contributed by atoms with Gasteiger partial charge in [-0.25, -0.2) is 0 Å². The van der Waals surface area contributed by atoms with Gasteiger partial charge in [0.05, 0.1) is 13.7 Å². The van der Waals surface area contributed by atoms with E-state index >= 15 is 0 Å². The normalized spacial score (nSPS) is 10.3. The van der Waals surface area contributed by atoms with Crippen LogP contribution in [-0.4, -0.2) is 32.8 Å². The van der Waals surface area contributed by atoms with Crippen molar-refractivity contribution in [1.82, 2.24) is 5.32 Å². The Morgan fingerprint density at radius 2 is 1.52 bits per heavy atom. The van der Waals surface area contributed by atoms with E-state index in [0.29, 0.717) is 12.3 Å². The van der Waals surface area contributed by atoms with Crippen LogP contribution in [0, 0.1) is 0 Å². The molecule has 0 radical (unpaired) electrons. The Morgan fingerprint density at radius 1 is 0.889 bits per heavy atom. The van der Waals surface area contributed by atoms with Crippen molar-refractivity contribution >= 4 is 5.91 Å². The van der Waals surface area contributed by atoms with E-state index in [1.165, 1.54) is 12.8 Å². The minimum atomic E-state index is -0.136. The summed E-state index contributed by atoms with van der Waals surface area (Å²) in [5.41, 5.74) is 1.14. The van der Waals surface area contributed by atoms with E-state index in [4.69, 9.17) is 14.2 Å². The van der Waals surface area contributed by atoms with Crippen LogP contribution in [0.5, 0.6) is 17.2 Å². The first kappa shape index (κ1) is 20.6. The first-order chi connectivity index (χ1) is 13.2. The third-order valence-corrected chi connectivity index (χ3v) is 4.11. The van der Waals surface area contributed by atoms with Crippen LogP contribution in [0.2, 0.25) is 0 Å². The SMILES string of the molecule is CCCCCOc1ccc(OCC(=O)NCCc2ccc(OC)cc2)cc1. The number of nitrogens with one attached hydrogen (secondary N) is 1. The maximum absolute atomic E-state index is 11.9. The molecule has 0 aliphatic heterocycles. The second-order valence-electron chi connectivity index (χ2n) is 6.26. The fourth-order valence-electron chi connectivity index (χ4n) is 2.51. The molecule has 0 saturated heterocycles. The van der Waals surface area contributed by atoms with Gasteiger partial charge in [-0.2, -0.15) is 0 Å². The summed E-state index contributed by atoms with van der Waals surface area (Å²) in [5.74, 6) is 2.17. The molecule has 0 unspecified atom stereocenters. The van der Waals surface area contributed by atoms with E-state index < -0.39 is 0 Å². The highest BCUT2D eigenvalue weighted by Crippen LogP contribution is 2.18. The van der Waals surface area contributed by atoms with Crippen molar-refractivity contribution < 1.29 is 19.0 Å². The molecule has 1 amide bonds. The first-order valence-corrected chi connectivity index (χ1v) is 9.46. The van der Waals surface area contributed by atoms with E-state index in [0.717, 1.165) is 36.5 Å². The van der Waals surface area contributed by atoms with Crippen molar-refractivity contribution in [2.75, 3.05) is 26.9 Å². The molecule has 5 nitrogen and oxygen atoms in total. The van der Waals surface area contributed by atoms with E-state index in [-0.39, 0.29) is 12.5 Å². The van der Waals surface area contributed by atoms with Crippen molar-refractivity contribution in [2.45, 2.75) is 32.6 Å². The molecule has 2 aromatic carbocycles. The van der Waals surface area contributed by atoms with Crippen molar-refractivity contribution in [1.29, 1.82) is 0 Å². The van der Waals surface area contributed by atoms with Crippen LogP contribution < -0.4 is 19.5 Å². The number of carbonyl (C=O) groups is 1. The minimum Gasteiger partial charge on any atom is -0.497 e. The zero-order valence-corrected chi connectivity index (χ0v) is 16.2. The van der Waals surface area contributed by atoms with Crippen LogP contribution >= 0.6 is 0 Å². The summed E-state index contributed by atoms with van der Waals surface area (Å²) in [7, 11) is 1.64. The van der Waals surface area contributed by atoms with Crippen LogP contribution in [0.1, 0.15) is 31.7 Å². The molecule has 0 aliphatic rings. The number of unbranched alkanes of at least 4 members (excludes halogenated alkanes) is 2. The van der Waals surface area contributed by atoms with Gasteiger partial charge < -0.3 is 19.5 Å². The van der Waals surface area contributed by atoms with Gasteiger partial charge in [0, 0.05) is 6.54 Å². The fourth-order valence-corrected chi connectivity index (χ4v) is 2.51. The Bertz CT molecular complexity index is 668. The van der Waals surface area contributed by atoms with Gasteiger partial charge in [-0.15, -0.1) is 0 Å². The number of hydrogen-bond donors (Lipinski definition) is 1. The predicted molar refractivity (Wildman–Crippen MR) is 107 cm³/mol. The van der Waals surface area contributed by atoms with Crippen molar-refractivity contribution in [2.24, 2.45) is 0 Å². The zero-order valence-electron chi connectivity index (χ0n) is 16.2. The molecule has 0 aliphatic carbocycles. The molecule has 0 heterocycles. The molecule has 0 saturated carbocycles. The van der Waals surface area contributed by atoms with Gasteiger partial charge in [-0.3, -0.25) is 4.79 Å². The van der Waals surface area contributed by atoms with Crippen LogP contribution in [0.15, 0.2) is 48.5 Å². The second kappa shape index (κ2) is 11.8. The molecule has 0 atom stereocenters. The minimum absolute atomic E-state index is 0.000678. The lowest BCUT2D eigenvalue weighted by Crippen LogP contribution is -2.30. The lowest BCUT2D eigenvalue weighted by molar-refractivity contribution is -0.123. The number of benzene rings is 2. The van der Waals surface area contributed by atoms with Gasteiger partial charge >= 0.3 is 0 Å². The number of carbonyl (C=O) groups excluding carboxylic acids is 1. The molecule has 146 valence electrons. The summed E-state index contributed by atoms with van der Waals surface area (Å²) in [6.07, 6.45) is 4.18. The van der Waals surface area contributed by atoms with Crippen molar-refractivity contribution in [3.05, 3.63) is 54.1 Å². The predicted octanol–water partition coefficient (Wildman–Crippen LogP) is 4.00. The molecule has 27 heavy (non-hydrogen) atoms. The maximum atomic E-state index is 11.9. The third kappa shape index (κ3) is 8.03. The zero-order chi connectivity index (χ0) is 19.3. The number of hydrogen-bond acceptors (Lipinski definition) is 4. The van der Waals surface area contributed by atoms with Gasteiger partial charge in [0.15, 0.2) is 6.61 Å². The second-order valence-corrected chi connectivity index (χ2v) is 6.26. The van der Waals surface area contributed by atoms with Crippen LogP contribution in [0.4, 0.5) is 0 Å². The van der Waals surface area contributed by atoms with Crippen LogP contribution in [0.25, 0.3) is 0 Å². The Morgan fingerprint density at radius 3 is 2.15 bits per heavy atom. The molecule has 2 rings (SSSR count). The Kier molecular flexibility index (Phi) is 9.04. The monoisotopic (exact) mass is 371 g/mol. The molecular formula is C22H29NO4. The lowest BCUT2D eigenvalue weighted by Gasteiger charge is -2.09. The average Bonchev–Trinajstić information content (AvgIpc) is 2.71. The van der Waals surface area contributed by atoms with Gasteiger partial charge in [0.1, 0.15) is 17.2 Å². The highest BCUT2D eigenvalue weighted by Gasteiger charge is 2.03. The van der Waals surface area contributed by atoms with E-state index in [2.05, 4.69) is 12.2 Å². The van der Waals surface area contributed by atoms with Crippen molar-refractivity contribution in [3.8, 4) is 17.2 Å².